The van der Waals surface area contributed by atoms with Crippen LogP contribution in [0.15, 0.2) is 47.5 Å². The topological polar surface area (TPSA) is 57.1 Å². The first-order valence-corrected chi connectivity index (χ1v) is 10.8. The Kier molecular flexibility index (Phi) is 6.41. The Balaban J connectivity index is 1.65. The number of ether oxygens (including phenoxy) is 1. The van der Waals surface area contributed by atoms with Gasteiger partial charge in [0.1, 0.15) is 17.3 Å². The summed E-state index contributed by atoms with van der Waals surface area (Å²) in [4.78, 5) is 7.24. The van der Waals surface area contributed by atoms with Crippen molar-refractivity contribution in [3.05, 3.63) is 53.8 Å². The molecule has 160 valence electrons. The molecule has 1 saturated heterocycles. The van der Waals surface area contributed by atoms with Crippen LogP contribution in [-0.4, -0.2) is 35.7 Å². The molecular formula is C24H30FN3O2. The number of aliphatic imine (C=N–C) groups is 1. The third-order valence-electron chi connectivity index (χ3n) is 6.31. The van der Waals surface area contributed by atoms with Gasteiger partial charge >= 0.3 is 0 Å². The number of piperidine rings is 1. The van der Waals surface area contributed by atoms with Gasteiger partial charge in [0, 0.05) is 24.2 Å². The number of nitrogens with one attached hydrogen (secondary N) is 1. The fraction of sp³-hybridized carbons (Fsp3) is 0.458. The molecule has 6 heteroatoms. The molecule has 2 N–H and O–H groups in total. The minimum absolute atomic E-state index is 0.0126. The largest absolute Gasteiger partial charge is 0.506 e. The number of anilines is 1. The summed E-state index contributed by atoms with van der Waals surface area (Å²) in [6, 6.07) is 12.2. The molecular weight excluding hydrogens is 381 g/mol. The van der Waals surface area contributed by atoms with E-state index in [0.29, 0.717) is 30.2 Å². The van der Waals surface area contributed by atoms with Gasteiger partial charge in [-0.1, -0.05) is 31.0 Å². The Bertz CT molecular complexity index is 900. The van der Waals surface area contributed by atoms with E-state index in [1.807, 2.05) is 24.3 Å². The van der Waals surface area contributed by atoms with Crippen molar-refractivity contribution in [2.45, 2.75) is 51.1 Å². The third kappa shape index (κ3) is 4.53. The molecule has 5 nitrogen and oxygen atoms in total. The second kappa shape index (κ2) is 9.37. The summed E-state index contributed by atoms with van der Waals surface area (Å²) in [7, 11) is 1.66. The van der Waals surface area contributed by atoms with Crippen LogP contribution in [-0.2, 0) is 6.54 Å². The van der Waals surface area contributed by atoms with Gasteiger partial charge in [0.25, 0.3) is 0 Å². The first kappa shape index (κ1) is 20.5. The molecule has 0 radical (unpaired) electrons. The van der Waals surface area contributed by atoms with Crippen molar-refractivity contribution in [1.82, 2.24) is 4.90 Å². The molecule has 1 heterocycles. The van der Waals surface area contributed by atoms with E-state index in [1.165, 1.54) is 43.9 Å². The number of phenols is 1. The Morgan fingerprint density at radius 2 is 1.97 bits per heavy atom. The van der Waals surface area contributed by atoms with Gasteiger partial charge in [-0.3, -0.25) is 0 Å². The lowest BCUT2D eigenvalue weighted by Gasteiger charge is -2.45. The number of hydrogen-bond acceptors (Lipinski definition) is 3. The lowest BCUT2D eigenvalue weighted by molar-refractivity contribution is 0.119. The minimum atomic E-state index is -0.395. The molecule has 2 atom stereocenters. The van der Waals surface area contributed by atoms with Crippen molar-refractivity contribution >= 4 is 11.6 Å². The summed E-state index contributed by atoms with van der Waals surface area (Å²) >= 11 is 0. The number of hydrogen-bond donors (Lipinski definition) is 2. The van der Waals surface area contributed by atoms with Gasteiger partial charge in [0.05, 0.1) is 19.3 Å². The standard InChI is InChI=1S/C24H30FN3O2/c1-30-23-11-5-3-8-18(23)16-26-24(27-20-15-19(25)12-13-22(20)29)28-14-6-9-17-7-2-4-10-21(17)28/h3,5,8,11-13,15,17,21,29H,2,4,6-7,9-10,14,16H2,1H3,(H,26,27). The number of guanidine groups is 1. The Hall–Kier alpha value is -2.76. The average molecular weight is 412 g/mol. The number of phenolic OH excluding ortho intramolecular Hbond substituents is 1. The zero-order chi connectivity index (χ0) is 20.9. The summed E-state index contributed by atoms with van der Waals surface area (Å²) in [5.74, 6) is 1.78. The van der Waals surface area contributed by atoms with E-state index in [4.69, 9.17) is 9.73 Å². The zero-order valence-corrected chi connectivity index (χ0v) is 17.5. The molecule has 0 spiro atoms. The molecule has 0 amide bonds. The summed E-state index contributed by atoms with van der Waals surface area (Å²) < 4.78 is 19.3. The number of fused-ring (bicyclic) bond motifs is 1. The number of halogens is 1. The van der Waals surface area contributed by atoms with Crippen LogP contribution in [0.1, 0.15) is 44.1 Å². The molecule has 1 aliphatic carbocycles. The maximum atomic E-state index is 13.8. The van der Waals surface area contributed by atoms with Gasteiger partial charge in [0.2, 0.25) is 0 Å². The highest BCUT2D eigenvalue weighted by Crippen LogP contribution is 2.36. The molecule has 2 aromatic carbocycles. The predicted octanol–water partition coefficient (Wildman–Crippen LogP) is 5.16. The monoisotopic (exact) mass is 411 g/mol. The molecule has 2 unspecified atom stereocenters. The van der Waals surface area contributed by atoms with E-state index >= 15 is 0 Å². The van der Waals surface area contributed by atoms with Gasteiger partial charge in [-0.25, -0.2) is 9.38 Å². The Labute approximate surface area is 177 Å². The van der Waals surface area contributed by atoms with E-state index in [2.05, 4.69) is 10.2 Å². The number of nitrogens with zero attached hydrogens (tertiary/aromatic N) is 2. The van der Waals surface area contributed by atoms with Crippen LogP contribution in [0.2, 0.25) is 0 Å². The second-order valence-corrected chi connectivity index (χ2v) is 8.19. The SMILES string of the molecule is COc1ccccc1CN=C(Nc1cc(F)ccc1O)N1CCCC2CCCCC21. The summed E-state index contributed by atoms with van der Waals surface area (Å²) in [6.45, 7) is 1.35. The Morgan fingerprint density at radius 3 is 2.83 bits per heavy atom. The number of aromatic hydroxyl groups is 1. The first-order chi connectivity index (χ1) is 14.7. The van der Waals surface area contributed by atoms with Crippen LogP contribution in [0.25, 0.3) is 0 Å². The van der Waals surface area contributed by atoms with Crippen molar-refractivity contribution in [3.8, 4) is 11.5 Å². The molecule has 2 aromatic rings. The number of para-hydroxylation sites is 1. The molecule has 4 rings (SSSR count). The minimum Gasteiger partial charge on any atom is -0.506 e. The van der Waals surface area contributed by atoms with E-state index < -0.39 is 5.82 Å². The number of benzene rings is 2. The van der Waals surface area contributed by atoms with Crippen LogP contribution in [0.3, 0.4) is 0 Å². The first-order valence-electron chi connectivity index (χ1n) is 10.8. The van der Waals surface area contributed by atoms with Crippen molar-refractivity contribution in [3.63, 3.8) is 0 Å². The zero-order valence-electron chi connectivity index (χ0n) is 17.5. The highest BCUT2D eigenvalue weighted by molar-refractivity contribution is 5.95. The van der Waals surface area contributed by atoms with Gasteiger partial charge in [-0.15, -0.1) is 0 Å². The van der Waals surface area contributed by atoms with E-state index in [0.717, 1.165) is 30.7 Å². The normalized spacial score (nSPS) is 21.8. The van der Waals surface area contributed by atoms with E-state index in [9.17, 15) is 9.50 Å². The highest BCUT2D eigenvalue weighted by Gasteiger charge is 2.35. The molecule has 1 saturated carbocycles. The van der Waals surface area contributed by atoms with Crippen molar-refractivity contribution < 1.29 is 14.2 Å². The molecule has 1 aliphatic heterocycles. The molecule has 30 heavy (non-hydrogen) atoms. The highest BCUT2D eigenvalue weighted by atomic mass is 19.1. The molecule has 0 aromatic heterocycles. The predicted molar refractivity (Wildman–Crippen MR) is 118 cm³/mol. The van der Waals surface area contributed by atoms with Crippen LogP contribution >= 0.6 is 0 Å². The summed E-state index contributed by atoms with van der Waals surface area (Å²) in [5.41, 5.74) is 1.33. The second-order valence-electron chi connectivity index (χ2n) is 8.19. The van der Waals surface area contributed by atoms with Crippen LogP contribution in [0.4, 0.5) is 10.1 Å². The Morgan fingerprint density at radius 1 is 1.17 bits per heavy atom. The lowest BCUT2D eigenvalue weighted by Crippen LogP contribution is -2.51. The van der Waals surface area contributed by atoms with Gasteiger partial charge in [-0.05, 0) is 49.8 Å². The molecule has 0 bridgehead atoms. The number of likely N-dealkylation sites (tertiary alicyclic amines) is 1. The van der Waals surface area contributed by atoms with Crippen LogP contribution < -0.4 is 10.1 Å². The number of rotatable bonds is 4. The van der Waals surface area contributed by atoms with Crippen molar-refractivity contribution in [1.29, 1.82) is 0 Å². The maximum Gasteiger partial charge on any atom is 0.199 e. The van der Waals surface area contributed by atoms with Crippen LogP contribution in [0.5, 0.6) is 11.5 Å². The van der Waals surface area contributed by atoms with Gasteiger partial charge in [-0.2, -0.15) is 0 Å². The van der Waals surface area contributed by atoms with Crippen LogP contribution in [0, 0.1) is 11.7 Å². The molecule has 2 aliphatic rings. The maximum absolute atomic E-state index is 13.8. The summed E-state index contributed by atoms with van der Waals surface area (Å²) in [6.07, 6.45) is 7.29. The van der Waals surface area contributed by atoms with E-state index in [-0.39, 0.29) is 5.75 Å². The number of methoxy groups -OCH3 is 1. The average Bonchev–Trinajstić information content (AvgIpc) is 2.78. The fourth-order valence-corrected chi connectivity index (χ4v) is 4.81. The van der Waals surface area contributed by atoms with Crippen molar-refractivity contribution in [2.24, 2.45) is 10.9 Å². The van der Waals surface area contributed by atoms with Crippen molar-refractivity contribution in [2.75, 3.05) is 19.0 Å². The molecule has 2 fully saturated rings. The van der Waals surface area contributed by atoms with Gasteiger partial charge < -0.3 is 20.1 Å². The summed E-state index contributed by atoms with van der Waals surface area (Å²) in [5, 5.41) is 13.5. The quantitative estimate of drug-likeness (QED) is 0.414. The lowest BCUT2D eigenvalue weighted by atomic mass is 9.78. The van der Waals surface area contributed by atoms with E-state index in [1.54, 1.807) is 7.11 Å². The van der Waals surface area contributed by atoms with Gasteiger partial charge in [0.15, 0.2) is 5.96 Å². The third-order valence-corrected chi connectivity index (χ3v) is 6.31. The smallest absolute Gasteiger partial charge is 0.199 e. The fourth-order valence-electron chi connectivity index (χ4n) is 4.81.